The maximum atomic E-state index is 11.5. The van der Waals surface area contributed by atoms with Crippen molar-refractivity contribution in [2.45, 2.75) is 166 Å². The average molecular weight is 1570 g/mol. The van der Waals surface area contributed by atoms with E-state index < -0.39 is 30.5 Å². The van der Waals surface area contributed by atoms with Crippen LogP contribution in [0.2, 0.25) is 0 Å². The van der Waals surface area contributed by atoms with E-state index in [9.17, 15) is 36.0 Å². The molecule has 14 N–H and O–H groups in total. The van der Waals surface area contributed by atoms with Gasteiger partial charge in [0.2, 0.25) is 31.9 Å². The molecule has 0 aromatic rings. The van der Waals surface area contributed by atoms with Crippen LogP contribution in [0.25, 0.3) is 0 Å². The quantitative estimate of drug-likeness (QED) is 0.0385. The van der Waals surface area contributed by atoms with Crippen LogP contribution in [0.15, 0.2) is 0 Å². The lowest BCUT2D eigenvalue weighted by Gasteiger charge is -2.19. The van der Waals surface area contributed by atoms with E-state index in [1.54, 1.807) is 39.6 Å². The van der Waals surface area contributed by atoms with Gasteiger partial charge < -0.3 is 105 Å². The van der Waals surface area contributed by atoms with Crippen LogP contribution in [0, 0.1) is 41.4 Å². The monoisotopic (exact) mass is 1570 g/mol. The van der Waals surface area contributed by atoms with Crippen molar-refractivity contribution in [1.29, 1.82) is 0 Å². The molecule has 638 valence electrons. The highest BCUT2D eigenvalue weighted by Gasteiger charge is 2.22. The number of ether oxygens (including phenoxy) is 6. The molecule has 0 spiro atoms. The molecule has 33 heteroatoms. The summed E-state index contributed by atoms with van der Waals surface area (Å²) >= 11 is 0. The number of carbonyl (C=O) groups is 4. The minimum absolute atomic E-state index is 0.0165. The third-order valence-corrected chi connectivity index (χ3v) is 17.4. The van der Waals surface area contributed by atoms with Crippen molar-refractivity contribution in [2.75, 3.05) is 238 Å². The highest BCUT2D eigenvalue weighted by Crippen LogP contribution is 2.07. The van der Waals surface area contributed by atoms with Crippen LogP contribution in [0.3, 0.4) is 0 Å². The minimum atomic E-state index is -3.18. The number of ketones is 2. The molecule has 0 radical (unpaired) electrons. The zero-order valence-electron chi connectivity index (χ0n) is 68.9. The number of likely N-dealkylation sites (N-methyl/N-ethyl adjacent to an activating group) is 3. The van der Waals surface area contributed by atoms with E-state index in [1.165, 1.54) is 11.4 Å². The summed E-state index contributed by atoms with van der Waals surface area (Å²) < 4.78 is 79.0. The lowest BCUT2D eigenvalue weighted by atomic mass is 10.0. The van der Waals surface area contributed by atoms with Crippen LogP contribution in [-0.2, 0) is 67.6 Å². The molecule has 2 amide bonds. The number of rotatable bonds is 59. The van der Waals surface area contributed by atoms with Crippen molar-refractivity contribution < 1.29 is 110 Å². The number of aliphatic hydroxyl groups is 9. The van der Waals surface area contributed by atoms with Gasteiger partial charge >= 0.3 is 0 Å². The predicted molar refractivity (Wildman–Crippen MR) is 419 cm³/mol. The van der Waals surface area contributed by atoms with Crippen LogP contribution in [0.1, 0.15) is 156 Å². The van der Waals surface area contributed by atoms with E-state index in [2.05, 4.69) is 93.3 Å². The molecule has 0 rings (SSSR count). The molecule has 0 heterocycles. The summed E-state index contributed by atoms with van der Waals surface area (Å²) in [5.41, 5.74) is 0. The normalized spacial score (nSPS) is 11.3. The first-order valence-corrected chi connectivity index (χ1v) is 40.7. The SMILES string of the molecule is CC(C)C(=O)N(C)CCOCCO.CC(C)C(=O)NCCOCCO.CC(C)CN(C)CCOCCO.CC(C)CNCCCC(=O)CC(CO)CO.CC(C)CNCCCC(=O)CCCO.CC(C)CNCCOCCO.CC(C)S(=O)(=O)N(C)CCOCCO.CC(C)S(=O)(=O)NCCOCCO. The van der Waals surface area contributed by atoms with Gasteiger partial charge in [-0.1, -0.05) is 83.1 Å². The van der Waals surface area contributed by atoms with Crippen LogP contribution in [0.4, 0.5) is 0 Å². The van der Waals surface area contributed by atoms with Gasteiger partial charge in [-0.3, -0.25) is 19.2 Å². The van der Waals surface area contributed by atoms with Crippen molar-refractivity contribution in [2.24, 2.45) is 41.4 Å². The number of hydrogen-bond acceptors (Lipinski definition) is 27. The van der Waals surface area contributed by atoms with Gasteiger partial charge in [0.1, 0.15) is 11.6 Å². The lowest BCUT2D eigenvalue weighted by Crippen LogP contribution is -2.35. The van der Waals surface area contributed by atoms with Crippen LogP contribution in [-0.4, -0.2) is 349 Å². The van der Waals surface area contributed by atoms with E-state index in [0.29, 0.717) is 128 Å². The number of nitrogens with zero attached hydrogens (tertiary/aromatic N) is 3. The lowest BCUT2D eigenvalue weighted by molar-refractivity contribution is -0.133. The summed E-state index contributed by atoms with van der Waals surface area (Å²) in [6.07, 6.45) is 4.34. The Kier molecular flexibility index (Phi) is 97.8. The molecule has 0 aromatic carbocycles. The van der Waals surface area contributed by atoms with Gasteiger partial charge in [-0.05, 0) is 110 Å². The molecule has 0 fully saturated rings. The first-order valence-electron chi connectivity index (χ1n) is 37.6. The van der Waals surface area contributed by atoms with Gasteiger partial charge in [0.15, 0.2) is 0 Å². The van der Waals surface area contributed by atoms with E-state index in [0.717, 1.165) is 65.2 Å². The minimum Gasteiger partial charge on any atom is -0.396 e. The Bertz CT molecular complexity index is 2060. The second-order valence-electron chi connectivity index (χ2n) is 27.3. The molecule has 105 heavy (non-hydrogen) atoms. The first-order chi connectivity index (χ1) is 49.4. The molecule has 0 aliphatic rings. The van der Waals surface area contributed by atoms with Crippen molar-refractivity contribution in [3.05, 3.63) is 0 Å². The number of nitrogens with one attached hydrogen (secondary N) is 5. The molecular formula is C72H160N8O23S2. The zero-order chi connectivity index (χ0) is 82.3. The van der Waals surface area contributed by atoms with Crippen LogP contribution < -0.4 is 26.0 Å². The van der Waals surface area contributed by atoms with Crippen molar-refractivity contribution in [1.82, 2.24) is 40.1 Å². The van der Waals surface area contributed by atoms with E-state index in [-0.39, 0.29) is 133 Å². The third-order valence-electron chi connectivity index (χ3n) is 13.3. The Morgan fingerprint density at radius 3 is 1.12 bits per heavy atom. The van der Waals surface area contributed by atoms with Gasteiger partial charge in [-0.2, -0.15) is 0 Å². The number of hydrogen-bond donors (Lipinski definition) is 14. The molecule has 0 saturated carbocycles. The number of Topliss-reactive ketones (excluding diaryl/α,β-unsaturated/α-hetero) is 2. The largest absolute Gasteiger partial charge is 0.396 e. The number of amides is 2. The molecule has 0 aliphatic heterocycles. The standard InChI is InChI=1S/C12H25NO3.C11H23NO2.C9H19NO3.C9H21NO2.C8H19NO4S.C8H17NO3.C8H19NO2.C7H17NO4S/c1-10(2)7-13-5-3-4-12(16)6-11(8-14)9-15;1-10(2)9-12-7-3-5-11(14)6-4-8-13;1-8(2)9(12)10(3)4-6-13-7-5-11;1-9(2)8-10(3)4-6-12-7-5-11;1-8(2)14(11,12)9(3)4-6-13-7-5-10;1-7(2)8(11)9-3-5-12-6-4-10;1-8(2)7-9-3-5-11-6-4-10;1-7(2)13(10,11)8-3-5-12-6-4-9/h10-11,13-15H,3-9H2,1-2H3;10,12-13H,3-9H2,1-2H3;8,11H,4-7H2,1-3H3;9,11H,4-8H2,1-3H3;8,10H,4-7H2,1-3H3;7,10H,3-6H2,1-2H3,(H,9,11);8-10H,3-7H2,1-2H3;7-9H,3-6H2,1-2H3. The van der Waals surface area contributed by atoms with E-state index >= 15 is 0 Å². The maximum absolute atomic E-state index is 11.5. The molecule has 0 saturated heterocycles. The summed E-state index contributed by atoms with van der Waals surface area (Å²) in [4.78, 5) is 48.7. The molecule has 0 aliphatic carbocycles. The van der Waals surface area contributed by atoms with Gasteiger partial charge in [0, 0.05) is 123 Å². The Labute approximate surface area is 637 Å². The van der Waals surface area contributed by atoms with Crippen molar-refractivity contribution in [3.8, 4) is 0 Å². The fourth-order valence-electron chi connectivity index (χ4n) is 7.39. The Hall–Kier alpha value is -2.66. The molecule has 0 atom stereocenters. The highest BCUT2D eigenvalue weighted by atomic mass is 32.2. The third kappa shape index (κ3) is 99.3. The van der Waals surface area contributed by atoms with Gasteiger partial charge in [0.25, 0.3) is 0 Å². The van der Waals surface area contributed by atoms with Crippen molar-refractivity contribution >= 4 is 43.4 Å². The molecular weight excluding hydrogens is 1410 g/mol. The summed E-state index contributed by atoms with van der Waals surface area (Å²) in [5.74, 6) is 2.99. The van der Waals surface area contributed by atoms with Crippen LogP contribution in [0.5, 0.6) is 0 Å². The fourth-order valence-corrected chi connectivity index (χ4v) is 9.14. The number of aliphatic hydroxyl groups excluding tert-OH is 9. The molecule has 0 aromatic heterocycles. The van der Waals surface area contributed by atoms with Crippen molar-refractivity contribution in [3.63, 3.8) is 0 Å². The van der Waals surface area contributed by atoms with Crippen LogP contribution >= 0.6 is 0 Å². The summed E-state index contributed by atoms with van der Waals surface area (Å²) in [6.45, 7) is 45.7. The van der Waals surface area contributed by atoms with Gasteiger partial charge in [-0.25, -0.2) is 25.9 Å². The zero-order valence-corrected chi connectivity index (χ0v) is 70.5. The average Bonchev–Trinajstić information content (AvgIpc) is 0.866. The molecule has 31 nitrogen and oxygen atoms in total. The summed E-state index contributed by atoms with van der Waals surface area (Å²) in [5, 5.41) is 88.2. The van der Waals surface area contributed by atoms with E-state index in [4.69, 9.17) is 74.4 Å². The second kappa shape index (κ2) is 86.9. The smallest absolute Gasteiger partial charge is 0.224 e. The Morgan fingerprint density at radius 1 is 0.390 bits per heavy atom. The topological polar surface area (TPSA) is 444 Å². The molecule has 0 bridgehead atoms. The second-order valence-corrected chi connectivity index (χ2v) is 32.2. The predicted octanol–water partition coefficient (Wildman–Crippen LogP) is 1.62. The Balaban J connectivity index is -0.000000171. The molecule has 0 unspecified atom stereocenters. The Morgan fingerprint density at radius 2 is 0.762 bits per heavy atom. The fraction of sp³-hybridized carbons (Fsp3) is 0.944. The first kappa shape index (κ1) is 118. The highest BCUT2D eigenvalue weighted by molar-refractivity contribution is 7.90. The number of sulfonamides is 2. The summed E-state index contributed by atoms with van der Waals surface area (Å²) in [7, 11) is -0.985. The maximum Gasteiger partial charge on any atom is 0.224 e. The summed E-state index contributed by atoms with van der Waals surface area (Å²) in [6, 6.07) is 0. The van der Waals surface area contributed by atoms with Gasteiger partial charge in [0.05, 0.1) is 129 Å². The van der Waals surface area contributed by atoms with Gasteiger partial charge in [-0.15, -0.1) is 0 Å². The number of carbonyl (C=O) groups excluding carboxylic acids is 4. The van der Waals surface area contributed by atoms with E-state index in [1.807, 2.05) is 27.7 Å².